The maximum atomic E-state index is 13.5. The zero-order valence-electron chi connectivity index (χ0n) is 13.4. The third-order valence-corrected chi connectivity index (χ3v) is 6.32. The van der Waals surface area contributed by atoms with Crippen molar-refractivity contribution in [3.05, 3.63) is 34.9 Å². The zero-order valence-corrected chi connectivity index (χ0v) is 14.4. The molecule has 0 atom stereocenters. The second kappa shape index (κ2) is 8.67. The molecule has 0 aliphatic rings. The Hall–Kier alpha value is -0.883. The summed E-state index contributed by atoms with van der Waals surface area (Å²) in [5.41, 5.74) is -0.0968. The molecule has 0 aromatic heterocycles. The van der Waals surface area contributed by atoms with E-state index in [0.29, 0.717) is 6.42 Å². The first-order valence-corrected chi connectivity index (χ1v) is 10.9. The van der Waals surface area contributed by atoms with E-state index >= 15 is 0 Å². The summed E-state index contributed by atoms with van der Waals surface area (Å²) in [5.74, 6) is -6.08. The molecule has 0 N–H and O–H groups in total. The Morgan fingerprint density at radius 1 is 0.909 bits per heavy atom. The number of hydrogen-bond donors (Lipinski definition) is 0. The van der Waals surface area contributed by atoms with Crippen LogP contribution in [0, 0.1) is 23.3 Å². The maximum absolute atomic E-state index is 13.5. The topological polar surface area (TPSA) is 9.23 Å². The molecule has 0 aliphatic heterocycles. The van der Waals surface area contributed by atoms with Crippen LogP contribution in [0.1, 0.15) is 38.2 Å². The molecule has 0 bridgehead atoms. The van der Waals surface area contributed by atoms with Gasteiger partial charge in [-0.25, -0.2) is 17.6 Å². The van der Waals surface area contributed by atoms with E-state index in [-0.39, 0.29) is 12.0 Å². The summed E-state index contributed by atoms with van der Waals surface area (Å²) >= 11 is 0. The van der Waals surface area contributed by atoms with Crippen molar-refractivity contribution in [1.29, 1.82) is 0 Å². The third-order valence-electron chi connectivity index (χ3n) is 3.69. The van der Waals surface area contributed by atoms with Crippen LogP contribution in [0.15, 0.2) is 6.07 Å². The van der Waals surface area contributed by atoms with Crippen LogP contribution in [0.5, 0.6) is 0 Å². The quantitative estimate of drug-likeness (QED) is 0.188. The fourth-order valence-corrected chi connectivity index (χ4v) is 4.51. The lowest BCUT2D eigenvalue weighted by Crippen LogP contribution is -2.29. The number of benzene rings is 1. The molecule has 0 fully saturated rings. The summed E-state index contributed by atoms with van der Waals surface area (Å²) in [4.78, 5) is 0. The van der Waals surface area contributed by atoms with Gasteiger partial charge in [-0.2, -0.15) is 0 Å². The van der Waals surface area contributed by atoms with E-state index in [2.05, 4.69) is 13.1 Å². The fourth-order valence-electron chi connectivity index (χ4n) is 2.49. The van der Waals surface area contributed by atoms with Gasteiger partial charge in [-0.05, 0) is 50.5 Å². The highest BCUT2D eigenvalue weighted by molar-refractivity contribution is 6.71. The standard InChI is InChI=1S/C16H24F4OSi/c1-4-21-22(2,3)10-8-6-5-7-9-12-11-13(17)15(19)16(20)14(12)18/h11H,4-10H2,1-3H3. The third kappa shape index (κ3) is 5.72. The van der Waals surface area contributed by atoms with E-state index in [0.717, 1.165) is 38.0 Å². The lowest BCUT2D eigenvalue weighted by molar-refractivity contribution is 0.327. The highest BCUT2D eigenvalue weighted by atomic mass is 28.4. The molecule has 0 radical (unpaired) electrons. The van der Waals surface area contributed by atoms with Gasteiger partial charge in [0.1, 0.15) is 0 Å². The van der Waals surface area contributed by atoms with Gasteiger partial charge < -0.3 is 4.43 Å². The van der Waals surface area contributed by atoms with Crippen molar-refractivity contribution in [2.45, 2.75) is 58.2 Å². The number of hydrogen-bond acceptors (Lipinski definition) is 1. The molecular weight excluding hydrogens is 312 g/mol. The van der Waals surface area contributed by atoms with Crippen LogP contribution in [0.4, 0.5) is 17.6 Å². The van der Waals surface area contributed by atoms with Crippen molar-refractivity contribution < 1.29 is 22.0 Å². The maximum Gasteiger partial charge on any atom is 0.197 e. The molecule has 0 heterocycles. The van der Waals surface area contributed by atoms with Gasteiger partial charge in [0.05, 0.1) is 0 Å². The minimum Gasteiger partial charge on any atom is -0.418 e. The molecule has 0 unspecified atom stereocenters. The second-order valence-electron chi connectivity index (χ2n) is 6.07. The van der Waals surface area contributed by atoms with Gasteiger partial charge in [0.25, 0.3) is 0 Å². The number of unbranched alkanes of at least 4 members (excludes halogenated alkanes) is 3. The summed E-state index contributed by atoms with van der Waals surface area (Å²) < 4.78 is 58.2. The number of halogens is 4. The molecule has 126 valence electrons. The summed E-state index contributed by atoms with van der Waals surface area (Å²) in [6.45, 7) is 7.08. The van der Waals surface area contributed by atoms with Gasteiger partial charge >= 0.3 is 0 Å². The van der Waals surface area contributed by atoms with Gasteiger partial charge in [-0.3, -0.25) is 0 Å². The van der Waals surface area contributed by atoms with Crippen molar-refractivity contribution in [1.82, 2.24) is 0 Å². The highest BCUT2D eigenvalue weighted by Gasteiger charge is 2.21. The van der Waals surface area contributed by atoms with Crippen molar-refractivity contribution in [3.8, 4) is 0 Å². The molecule has 1 rings (SSSR count). The molecule has 1 aromatic carbocycles. The Balaban J connectivity index is 2.34. The molecular formula is C16H24F4OSi. The first-order valence-electron chi connectivity index (χ1n) is 7.74. The van der Waals surface area contributed by atoms with E-state index in [1.807, 2.05) is 6.92 Å². The predicted molar refractivity (Wildman–Crippen MR) is 82.4 cm³/mol. The molecule has 1 aromatic rings. The van der Waals surface area contributed by atoms with Crippen LogP contribution < -0.4 is 0 Å². The monoisotopic (exact) mass is 336 g/mol. The normalized spacial score (nSPS) is 12.0. The average Bonchev–Trinajstić information content (AvgIpc) is 2.45. The molecule has 0 aliphatic carbocycles. The number of aryl methyl sites for hydroxylation is 1. The average molecular weight is 336 g/mol. The van der Waals surface area contributed by atoms with Crippen LogP contribution in [0.3, 0.4) is 0 Å². The summed E-state index contributed by atoms with van der Waals surface area (Å²) in [6, 6.07) is 1.81. The molecule has 0 saturated carbocycles. The molecule has 0 amide bonds. The molecule has 0 spiro atoms. The van der Waals surface area contributed by atoms with E-state index in [1.165, 1.54) is 0 Å². The smallest absolute Gasteiger partial charge is 0.197 e. The Bertz CT molecular complexity index is 492. The summed E-state index contributed by atoms with van der Waals surface area (Å²) in [5, 5.41) is 0. The lowest BCUT2D eigenvalue weighted by Gasteiger charge is -2.21. The largest absolute Gasteiger partial charge is 0.418 e. The van der Waals surface area contributed by atoms with Crippen LogP contribution in [-0.2, 0) is 10.8 Å². The lowest BCUT2D eigenvalue weighted by atomic mass is 10.1. The Morgan fingerprint density at radius 2 is 1.55 bits per heavy atom. The Morgan fingerprint density at radius 3 is 2.18 bits per heavy atom. The minimum absolute atomic E-state index is 0.0968. The van der Waals surface area contributed by atoms with Gasteiger partial charge in [-0.1, -0.05) is 19.3 Å². The minimum atomic E-state index is -1.75. The fraction of sp³-hybridized carbons (Fsp3) is 0.625. The Kier molecular flexibility index (Phi) is 7.55. The van der Waals surface area contributed by atoms with E-state index < -0.39 is 31.6 Å². The summed E-state index contributed by atoms with van der Waals surface area (Å²) in [6.07, 6.45) is 3.69. The zero-order chi connectivity index (χ0) is 16.8. The van der Waals surface area contributed by atoms with Crippen LogP contribution in [0.2, 0.25) is 19.1 Å². The highest BCUT2D eigenvalue weighted by Crippen LogP contribution is 2.21. The molecule has 0 saturated heterocycles. The van der Waals surface area contributed by atoms with Crippen LogP contribution in [0.25, 0.3) is 0 Å². The Labute approximate surface area is 130 Å². The van der Waals surface area contributed by atoms with Crippen molar-refractivity contribution >= 4 is 8.32 Å². The second-order valence-corrected chi connectivity index (χ2v) is 10.4. The predicted octanol–water partition coefficient (Wildman–Crippen LogP) is 5.59. The number of rotatable bonds is 9. The van der Waals surface area contributed by atoms with Crippen LogP contribution in [-0.4, -0.2) is 14.9 Å². The summed E-state index contributed by atoms with van der Waals surface area (Å²) in [7, 11) is -1.56. The van der Waals surface area contributed by atoms with Gasteiger partial charge in [0, 0.05) is 6.61 Å². The van der Waals surface area contributed by atoms with Gasteiger partial charge in [0.15, 0.2) is 31.6 Å². The first-order chi connectivity index (χ1) is 10.3. The van der Waals surface area contributed by atoms with Crippen LogP contribution >= 0.6 is 0 Å². The van der Waals surface area contributed by atoms with Crippen molar-refractivity contribution in [2.24, 2.45) is 0 Å². The molecule has 6 heteroatoms. The van der Waals surface area contributed by atoms with E-state index in [4.69, 9.17) is 4.43 Å². The van der Waals surface area contributed by atoms with Gasteiger partial charge in [0.2, 0.25) is 0 Å². The SMILES string of the molecule is CCO[Si](C)(C)CCCCCCc1cc(F)c(F)c(F)c1F. The van der Waals surface area contributed by atoms with Gasteiger partial charge in [-0.15, -0.1) is 0 Å². The van der Waals surface area contributed by atoms with Crippen molar-refractivity contribution in [2.75, 3.05) is 6.61 Å². The molecule has 22 heavy (non-hydrogen) atoms. The molecule has 1 nitrogen and oxygen atoms in total. The first kappa shape index (κ1) is 19.2. The van der Waals surface area contributed by atoms with Crippen molar-refractivity contribution in [3.63, 3.8) is 0 Å². The van der Waals surface area contributed by atoms with E-state index in [1.54, 1.807) is 0 Å². The van der Waals surface area contributed by atoms with E-state index in [9.17, 15) is 17.6 Å².